The maximum atomic E-state index is 11.7. The second-order valence-corrected chi connectivity index (χ2v) is 3.69. The first kappa shape index (κ1) is 12.8. The van der Waals surface area contributed by atoms with E-state index in [9.17, 15) is 4.79 Å². The van der Waals surface area contributed by atoms with Gasteiger partial charge in [0.1, 0.15) is 0 Å². The van der Waals surface area contributed by atoms with Crippen LogP contribution in [-0.4, -0.2) is 12.6 Å². The van der Waals surface area contributed by atoms with Crippen molar-refractivity contribution in [3.05, 3.63) is 40.9 Å². The van der Waals surface area contributed by atoms with Crippen LogP contribution in [0.2, 0.25) is 5.02 Å². The monoisotopic (exact) mass is 238 g/mol. The van der Waals surface area contributed by atoms with Gasteiger partial charge in [0.2, 0.25) is 0 Å². The molecule has 0 saturated carbocycles. The van der Waals surface area contributed by atoms with Crippen molar-refractivity contribution in [3.63, 3.8) is 0 Å². The van der Waals surface area contributed by atoms with Gasteiger partial charge in [-0.1, -0.05) is 36.7 Å². The summed E-state index contributed by atoms with van der Waals surface area (Å²) in [5.41, 5.74) is 1.44. The maximum absolute atomic E-state index is 11.7. The standard InChI is InChI=1S/C13H15ClO2/c1-3-5-12(13(15)16-4-2)10-6-8-11(14)9-7-10/h5-9H,3-4H2,1-2H3/b12-5-. The molecule has 1 aromatic rings. The van der Waals surface area contributed by atoms with Crippen molar-refractivity contribution in [1.29, 1.82) is 0 Å². The topological polar surface area (TPSA) is 26.3 Å². The lowest BCUT2D eigenvalue weighted by molar-refractivity contribution is -0.136. The van der Waals surface area contributed by atoms with Gasteiger partial charge in [0.25, 0.3) is 0 Å². The van der Waals surface area contributed by atoms with Crippen LogP contribution in [-0.2, 0) is 9.53 Å². The van der Waals surface area contributed by atoms with Gasteiger partial charge in [-0.3, -0.25) is 0 Å². The molecule has 0 heterocycles. The average molecular weight is 239 g/mol. The summed E-state index contributed by atoms with van der Waals surface area (Å²) in [6, 6.07) is 7.17. The fraction of sp³-hybridized carbons (Fsp3) is 0.308. The molecule has 0 aliphatic rings. The highest BCUT2D eigenvalue weighted by Crippen LogP contribution is 2.19. The largest absolute Gasteiger partial charge is 0.462 e. The van der Waals surface area contributed by atoms with E-state index in [0.29, 0.717) is 17.2 Å². The minimum absolute atomic E-state index is 0.285. The minimum Gasteiger partial charge on any atom is -0.462 e. The number of carbonyl (C=O) groups excluding carboxylic acids is 1. The van der Waals surface area contributed by atoms with E-state index in [4.69, 9.17) is 16.3 Å². The number of carbonyl (C=O) groups is 1. The molecule has 0 saturated heterocycles. The molecule has 0 radical (unpaired) electrons. The van der Waals surface area contributed by atoms with Gasteiger partial charge >= 0.3 is 5.97 Å². The molecule has 16 heavy (non-hydrogen) atoms. The molecule has 1 aromatic carbocycles. The lowest BCUT2D eigenvalue weighted by Gasteiger charge is -2.07. The van der Waals surface area contributed by atoms with Crippen molar-refractivity contribution in [1.82, 2.24) is 0 Å². The molecule has 86 valence electrons. The summed E-state index contributed by atoms with van der Waals surface area (Å²) in [7, 11) is 0. The van der Waals surface area contributed by atoms with E-state index >= 15 is 0 Å². The molecular weight excluding hydrogens is 224 g/mol. The Labute approximate surface area is 101 Å². The number of rotatable bonds is 4. The molecule has 0 aliphatic heterocycles. The van der Waals surface area contributed by atoms with Gasteiger partial charge in [-0.15, -0.1) is 0 Å². The summed E-state index contributed by atoms with van der Waals surface area (Å²) in [6.45, 7) is 4.16. The average Bonchev–Trinajstić information content (AvgIpc) is 2.28. The molecule has 3 heteroatoms. The third-order valence-corrected chi connectivity index (χ3v) is 2.31. The molecule has 0 amide bonds. The number of allylic oxidation sites excluding steroid dienone is 1. The second kappa shape index (κ2) is 6.33. The van der Waals surface area contributed by atoms with Crippen LogP contribution in [0.4, 0.5) is 0 Å². The van der Waals surface area contributed by atoms with Gasteiger partial charge in [-0.2, -0.15) is 0 Å². The van der Waals surface area contributed by atoms with Crippen molar-refractivity contribution in [3.8, 4) is 0 Å². The Morgan fingerprint density at radius 1 is 1.31 bits per heavy atom. The molecule has 0 aromatic heterocycles. The zero-order chi connectivity index (χ0) is 12.0. The van der Waals surface area contributed by atoms with Crippen molar-refractivity contribution < 1.29 is 9.53 Å². The van der Waals surface area contributed by atoms with Crippen molar-refractivity contribution in [2.24, 2.45) is 0 Å². The van der Waals surface area contributed by atoms with E-state index in [1.54, 1.807) is 19.1 Å². The van der Waals surface area contributed by atoms with Crippen molar-refractivity contribution in [2.75, 3.05) is 6.61 Å². The highest BCUT2D eigenvalue weighted by molar-refractivity contribution is 6.30. The predicted octanol–water partition coefficient (Wildman–Crippen LogP) is 3.70. The van der Waals surface area contributed by atoms with Gasteiger partial charge < -0.3 is 4.74 Å². The summed E-state index contributed by atoms with van der Waals surface area (Å²) in [6.07, 6.45) is 2.65. The Morgan fingerprint density at radius 2 is 1.94 bits per heavy atom. The fourth-order valence-electron chi connectivity index (χ4n) is 1.36. The normalized spacial score (nSPS) is 11.3. The number of hydrogen-bond donors (Lipinski definition) is 0. The summed E-state index contributed by atoms with van der Waals surface area (Å²) >= 11 is 5.80. The minimum atomic E-state index is -0.285. The molecule has 0 N–H and O–H groups in total. The Kier molecular flexibility index (Phi) is 5.06. The first-order valence-corrected chi connectivity index (χ1v) is 5.70. The van der Waals surface area contributed by atoms with E-state index in [0.717, 1.165) is 12.0 Å². The third-order valence-electron chi connectivity index (χ3n) is 2.06. The first-order chi connectivity index (χ1) is 7.69. The molecule has 0 spiro atoms. The van der Waals surface area contributed by atoms with Crippen LogP contribution in [0.15, 0.2) is 30.3 Å². The van der Waals surface area contributed by atoms with E-state index < -0.39 is 0 Å². The lowest BCUT2D eigenvalue weighted by Crippen LogP contribution is -2.06. The number of ether oxygens (including phenoxy) is 1. The quantitative estimate of drug-likeness (QED) is 0.591. The van der Waals surface area contributed by atoms with Crippen LogP contribution in [0.5, 0.6) is 0 Å². The SMILES string of the molecule is CC/C=C(\C(=O)OCC)c1ccc(Cl)cc1. The highest BCUT2D eigenvalue weighted by Gasteiger charge is 2.11. The van der Waals surface area contributed by atoms with Crippen molar-refractivity contribution >= 4 is 23.1 Å². The van der Waals surface area contributed by atoms with Crippen LogP contribution in [0.3, 0.4) is 0 Å². The Morgan fingerprint density at radius 3 is 2.44 bits per heavy atom. The third kappa shape index (κ3) is 3.38. The van der Waals surface area contributed by atoms with E-state index in [2.05, 4.69) is 0 Å². The number of esters is 1. The van der Waals surface area contributed by atoms with E-state index in [-0.39, 0.29) is 5.97 Å². The molecule has 0 atom stereocenters. The van der Waals surface area contributed by atoms with Gasteiger partial charge in [0.15, 0.2) is 0 Å². The van der Waals surface area contributed by atoms with Crippen LogP contribution in [0.1, 0.15) is 25.8 Å². The summed E-state index contributed by atoms with van der Waals surface area (Å²) < 4.78 is 5.00. The van der Waals surface area contributed by atoms with Gasteiger partial charge in [0, 0.05) is 5.02 Å². The zero-order valence-corrected chi connectivity index (χ0v) is 10.3. The first-order valence-electron chi connectivity index (χ1n) is 5.32. The molecule has 0 aliphatic carbocycles. The number of benzene rings is 1. The Balaban J connectivity index is 2.99. The fourth-order valence-corrected chi connectivity index (χ4v) is 1.49. The molecular formula is C13H15ClO2. The smallest absolute Gasteiger partial charge is 0.338 e. The number of halogens is 1. The van der Waals surface area contributed by atoms with E-state index in [1.165, 1.54) is 0 Å². The van der Waals surface area contributed by atoms with Crippen LogP contribution in [0.25, 0.3) is 5.57 Å². The Hall–Kier alpha value is -1.28. The van der Waals surface area contributed by atoms with Crippen molar-refractivity contribution in [2.45, 2.75) is 20.3 Å². The van der Waals surface area contributed by atoms with Crippen LogP contribution < -0.4 is 0 Å². The lowest BCUT2D eigenvalue weighted by atomic mass is 10.1. The molecule has 1 rings (SSSR count). The Bertz CT molecular complexity index is 379. The predicted molar refractivity (Wildman–Crippen MR) is 66.4 cm³/mol. The van der Waals surface area contributed by atoms with E-state index in [1.807, 2.05) is 25.1 Å². The highest BCUT2D eigenvalue weighted by atomic mass is 35.5. The van der Waals surface area contributed by atoms with Crippen LogP contribution in [0, 0.1) is 0 Å². The molecule has 2 nitrogen and oxygen atoms in total. The van der Waals surface area contributed by atoms with Crippen LogP contribution >= 0.6 is 11.6 Å². The van der Waals surface area contributed by atoms with Gasteiger partial charge in [0.05, 0.1) is 12.2 Å². The summed E-state index contributed by atoms with van der Waals surface area (Å²) in [5.74, 6) is -0.285. The zero-order valence-electron chi connectivity index (χ0n) is 9.50. The summed E-state index contributed by atoms with van der Waals surface area (Å²) in [5, 5.41) is 0.656. The maximum Gasteiger partial charge on any atom is 0.338 e. The molecule has 0 fully saturated rings. The number of hydrogen-bond acceptors (Lipinski definition) is 2. The van der Waals surface area contributed by atoms with Gasteiger partial charge in [-0.25, -0.2) is 4.79 Å². The summed E-state index contributed by atoms with van der Waals surface area (Å²) in [4.78, 5) is 11.7. The van der Waals surface area contributed by atoms with Gasteiger partial charge in [-0.05, 0) is 31.0 Å². The molecule has 0 unspecified atom stereocenters. The second-order valence-electron chi connectivity index (χ2n) is 3.25. The molecule has 0 bridgehead atoms.